The minimum atomic E-state index is -0.643. The Kier molecular flexibility index (Phi) is 7.35. The smallest absolute Gasteiger partial charge is 0.337 e. The van der Waals surface area contributed by atoms with Crippen molar-refractivity contribution >= 4 is 40.7 Å². The topological polar surface area (TPSA) is 114 Å². The van der Waals surface area contributed by atoms with E-state index in [1.165, 1.54) is 14.2 Å². The van der Waals surface area contributed by atoms with E-state index in [4.69, 9.17) is 4.74 Å². The van der Waals surface area contributed by atoms with Gasteiger partial charge in [-0.2, -0.15) is 4.98 Å². The molecule has 1 aromatic heterocycles. The molecule has 0 radical (unpaired) electrons. The van der Waals surface area contributed by atoms with Crippen molar-refractivity contribution in [2.75, 3.05) is 30.2 Å². The van der Waals surface area contributed by atoms with Gasteiger partial charge in [0, 0.05) is 17.1 Å². The van der Waals surface area contributed by atoms with Gasteiger partial charge in [-0.1, -0.05) is 12.1 Å². The molecule has 1 amide bonds. The monoisotopic (exact) mass is 487 g/mol. The van der Waals surface area contributed by atoms with E-state index in [2.05, 4.69) is 30.7 Å². The van der Waals surface area contributed by atoms with Crippen LogP contribution < -0.4 is 20.7 Å². The number of amides is 1. The van der Waals surface area contributed by atoms with Crippen LogP contribution in [-0.2, 0) is 4.74 Å². The van der Waals surface area contributed by atoms with Crippen LogP contribution in [0.2, 0.25) is 0 Å². The number of benzene rings is 3. The van der Waals surface area contributed by atoms with Crippen LogP contribution in [0.4, 0.5) is 33.2 Å². The first-order valence-corrected chi connectivity index (χ1v) is 10.8. The molecule has 3 N–H and O–H groups in total. The second-order valence-electron chi connectivity index (χ2n) is 7.44. The zero-order chi connectivity index (χ0) is 25.5. The number of rotatable bonds is 8. The van der Waals surface area contributed by atoms with Gasteiger partial charge in [-0.15, -0.1) is 0 Å². The molecular weight excluding hydrogens is 465 g/mol. The molecule has 0 atom stereocenters. The lowest BCUT2D eigenvalue weighted by atomic mass is 10.2. The van der Waals surface area contributed by atoms with Crippen molar-refractivity contribution in [3.63, 3.8) is 0 Å². The molecule has 9 nitrogen and oxygen atoms in total. The molecule has 0 bridgehead atoms. The fraction of sp³-hybridized carbons (Fsp3) is 0.0769. The maximum atomic E-state index is 14.3. The Labute approximate surface area is 206 Å². The number of carbonyl (C=O) groups excluding carboxylic acids is 2. The van der Waals surface area contributed by atoms with Crippen LogP contribution in [0.3, 0.4) is 0 Å². The van der Waals surface area contributed by atoms with Gasteiger partial charge in [-0.3, -0.25) is 4.79 Å². The summed E-state index contributed by atoms with van der Waals surface area (Å²) >= 11 is 0. The predicted molar refractivity (Wildman–Crippen MR) is 134 cm³/mol. The molecule has 0 fully saturated rings. The van der Waals surface area contributed by atoms with E-state index in [1.54, 1.807) is 72.8 Å². The van der Waals surface area contributed by atoms with E-state index >= 15 is 0 Å². The van der Waals surface area contributed by atoms with Crippen molar-refractivity contribution in [2.45, 2.75) is 0 Å². The van der Waals surface area contributed by atoms with Crippen molar-refractivity contribution in [3.8, 4) is 5.75 Å². The Morgan fingerprint density at radius 1 is 0.833 bits per heavy atom. The maximum absolute atomic E-state index is 14.3. The highest BCUT2D eigenvalue weighted by Crippen LogP contribution is 2.23. The molecule has 36 heavy (non-hydrogen) atoms. The average molecular weight is 487 g/mol. The third kappa shape index (κ3) is 5.73. The summed E-state index contributed by atoms with van der Waals surface area (Å²) in [6.45, 7) is 0. The molecule has 0 saturated carbocycles. The molecule has 0 unspecified atom stereocenters. The number of ether oxygens (including phenoxy) is 2. The number of halogens is 1. The minimum absolute atomic E-state index is 0.0375. The van der Waals surface area contributed by atoms with Crippen LogP contribution in [0.5, 0.6) is 5.75 Å². The standard InChI is InChI=1S/C26H22FN5O4/c1-35-22-6-4-3-5-20(22)24(33)30-18-13-11-17(12-14-18)29-23-21(27)15-28-26(32-23)31-19-9-7-16(8-10-19)25(34)36-2/h3-15H,1-2H3,(H,30,33)(H2,28,29,31,32). The van der Waals surface area contributed by atoms with Crippen LogP contribution in [0.25, 0.3) is 0 Å². The zero-order valence-corrected chi connectivity index (χ0v) is 19.4. The number of hydrogen-bond donors (Lipinski definition) is 3. The summed E-state index contributed by atoms with van der Waals surface area (Å²) in [5.74, 6) is -0.817. The summed E-state index contributed by atoms with van der Waals surface area (Å²) in [5, 5.41) is 8.66. The highest BCUT2D eigenvalue weighted by atomic mass is 19.1. The molecule has 1 heterocycles. The van der Waals surface area contributed by atoms with Gasteiger partial charge in [-0.25, -0.2) is 14.2 Å². The second-order valence-corrected chi connectivity index (χ2v) is 7.44. The fourth-order valence-corrected chi connectivity index (χ4v) is 3.26. The molecule has 0 aliphatic heterocycles. The number of para-hydroxylation sites is 1. The van der Waals surface area contributed by atoms with Crippen LogP contribution in [0, 0.1) is 5.82 Å². The molecule has 3 aromatic carbocycles. The first kappa shape index (κ1) is 24.1. The van der Waals surface area contributed by atoms with Crippen LogP contribution in [-0.4, -0.2) is 36.1 Å². The molecule has 0 spiro atoms. The number of carbonyl (C=O) groups is 2. The highest BCUT2D eigenvalue weighted by molar-refractivity contribution is 6.06. The van der Waals surface area contributed by atoms with E-state index in [9.17, 15) is 14.0 Å². The number of nitrogens with one attached hydrogen (secondary N) is 3. The number of methoxy groups -OCH3 is 2. The van der Waals surface area contributed by atoms with E-state index in [1.807, 2.05) is 0 Å². The van der Waals surface area contributed by atoms with E-state index < -0.39 is 11.8 Å². The Hall–Kier alpha value is -4.99. The van der Waals surface area contributed by atoms with Crippen LogP contribution in [0.15, 0.2) is 79.0 Å². The van der Waals surface area contributed by atoms with Gasteiger partial charge in [0.05, 0.1) is 31.5 Å². The molecular formula is C26H22FN5O4. The quantitative estimate of drug-likeness (QED) is 0.292. The third-order valence-corrected chi connectivity index (χ3v) is 5.06. The number of nitrogens with zero attached hydrogens (tertiary/aromatic N) is 2. The van der Waals surface area contributed by atoms with Crippen molar-refractivity contribution < 1.29 is 23.5 Å². The SMILES string of the molecule is COC(=O)c1ccc(Nc2ncc(F)c(Nc3ccc(NC(=O)c4ccccc4OC)cc3)n2)cc1. The summed E-state index contributed by atoms with van der Waals surface area (Å²) in [6.07, 6.45) is 1.04. The molecule has 0 aliphatic carbocycles. The summed E-state index contributed by atoms with van der Waals surface area (Å²) in [4.78, 5) is 32.3. The van der Waals surface area contributed by atoms with Gasteiger partial charge in [-0.05, 0) is 60.7 Å². The predicted octanol–water partition coefficient (Wildman–Crippen LogP) is 5.15. The maximum Gasteiger partial charge on any atom is 0.337 e. The Morgan fingerprint density at radius 2 is 1.47 bits per heavy atom. The largest absolute Gasteiger partial charge is 0.496 e. The number of aromatic nitrogens is 2. The molecule has 182 valence electrons. The average Bonchev–Trinajstić information content (AvgIpc) is 2.91. The summed E-state index contributed by atoms with van der Waals surface area (Å²) in [5.41, 5.74) is 2.52. The van der Waals surface area contributed by atoms with Crippen molar-refractivity contribution in [1.82, 2.24) is 9.97 Å². The van der Waals surface area contributed by atoms with Crippen LogP contribution >= 0.6 is 0 Å². The Morgan fingerprint density at radius 3 is 2.17 bits per heavy atom. The molecule has 4 aromatic rings. The van der Waals surface area contributed by atoms with Gasteiger partial charge in [0.25, 0.3) is 5.91 Å². The lowest BCUT2D eigenvalue weighted by molar-refractivity contribution is 0.0600. The molecule has 0 aliphatic rings. The van der Waals surface area contributed by atoms with Gasteiger partial charge < -0.3 is 25.4 Å². The zero-order valence-electron chi connectivity index (χ0n) is 19.4. The number of esters is 1. The summed E-state index contributed by atoms with van der Waals surface area (Å²) < 4.78 is 24.3. The molecule has 10 heteroatoms. The van der Waals surface area contributed by atoms with Crippen LogP contribution in [0.1, 0.15) is 20.7 Å². The van der Waals surface area contributed by atoms with E-state index in [-0.39, 0.29) is 17.7 Å². The van der Waals surface area contributed by atoms with Gasteiger partial charge in [0.2, 0.25) is 5.95 Å². The first-order chi connectivity index (χ1) is 17.5. The fourth-order valence-electron chi connectivity index (χ4n) is 3.26. The van der Waals surface area contributed by atoms with E-state index in [0.29, 0.717) is 33.9 Å². The van der Waals surface area contributed by atoms with Gasteiger partial charge in [0.1, 0.15) is 5.75 Å². The highest BCUT2D eigenvalue weighted by Gasteiger charge is 2.12. The normalized spacial score (nSPS) is 10.3. The minimum Gasteiger partial charge on any atom is -0.496 e. The molecule has 0 saturated heterocycles. The second kappa shape index (κ2) is 11.0. The Balaban J connectivity index is 1.42. The summed E-state index contributed by atoms with van der Waals surface area (Å²) in [7, 11) is 2.81. The summed E-state index contributed by atoms with van der Waals surface area (Å²) in [6, 6.07) is 20.1. The van der Waals surface area contributed by atoms with Crippen molar-refractivity contribution in [3.05, 3.63) is 95.9 Å². The Bertz CT molecular complexity index is 1380. The number of anilines is 5. The lowest BCUT2D eigenvalue weighted by Crippen LogP contribution is -2.13. The van der Waals surface area contributed by atoms with Crippen molar-refractivity contribution in [1.29, 1.82) is 0 Å². The van der Waals surface area contributed by atoms with Gasteiger partial charge >= 0.3 is 5.97 Å². The van der Waals surface area contributed by atoms with Gasteiger partial charge in [0.15, 0.2) is 11.6 Å². The molecule has 4 rings (SSSR count). The first-order valence-electron chi connectivity index (χ1n) is 10.8. The van der Waals surface area contributed by atoms with Crippen molar-refractivity contribution in [2.24, 2.45) is 0 Å². The van der Waals surface area contributed by atoms with E-state index in [0.717, 1.165) is 6.20 Å². The number of hydrogen-bond acceptors (Lipinski definition) is 8. The third-order valence-electron chi connectivity index (χ3n) is 5.06. The lowest BCUT2D eigenvalue weighted by Gasteiger charge is -2.11.